The normalized spacial score (nSPS) is 17.7. The van der Waals surface area contributed by atoms with Crippen LogP contribution in [0.5, 0.6) is 5.75 Å². The number of nitrogens with one attached hydrogen (secondary N) is 3. The average Bonchev–Trinajstić information content (AvgIpc) is 3.21. The van der Waals surface area contributed by atoms with Gasteiger partial charge in [-0.3, -0.25) is 15.3 Å². The van der Waals surface area contributed by atoms with Gasteiger partial charge in [-0.1, -0.05) is 0 Å². The lowest BCUT2D eigenvalue weighted by atomic mass is 10.0. The quantitative estimate of drug-likeness (QED) is 0.536. The first-order valence-electron chi connectivity index (χ1n) is 10.7. The monoisotopic (exact) mass is 432 g/mol. The molecule has 1 saturated heterocycles. The number of aromatic nitrogens is 3. The fourth-order valence-corrected chi connectivity index (χ4v) is 3.67. The van der Waals surface area contributed by atoms with Crippen molar-refractivity contribution in [1.82, 2.24) is 20.3 Å². The van der Waals surface area contributed by atoms with Crippen LogP contribution in [0.4, 0.5) is 16.3 Å². The molecule has 32 heavy (non-hydrogen) atoms. The summed E-state index contributed by atoms with van der Waals surface area (Å²) >= 11 is 0. The topological polar surface area (TPSA) is 101 Å². The molecule has 0 saturated carbocycles. The van der Waals surface area contributed by atoms with Crippen molar-refractivity contribution < 1.29 is 9.53 Å². The highest BCUT2D eigenvalue weighted by molar-refractivity contribution is 5.99. The molecule has 1 aromatic carbocycles. The van der Waals surface area contributed by atoms with Crippen LogP contribution < -0.4 is 20.7 Å². The maximum absolute atomic E-state index is 12.3. The highest BCUT2D eigenvalue weighted by Crippen LogP contribution is 2.27. The van der Waals surface area contributed by atoms with E-state index in [1.54, 1.807) is 18.5 Å². The molecule has 8 heteroatoms. The Balaban J connectivity index is 1.41. The minimum absolute atomic E-state index is 0.0335. The number of anilines is 2. The lowest BCUT2D eigenvalue weighted by Crippen LogP contribution is -2.42. The van der Waals surface area contributed by atoms with Crippen molar-refractivity contribution in [3.63, 3.8) is 0 Å². The third-order valence-corrected chi connectivity index (χ3v) is 5.52. The zero-order valence-electron chi connectivity index (χ0n) is 18.6. The number of aryl methyl sites for hydroxylation is 2. The summed E-state index contributed by atoms with van der Waals surface area (Å²) in [5.74, 6) is 1.22. The zero-order valence-corrected chi connectivity index (χ0v) is 18.6. The molecule has 3 aromatic rings. The molecule has 1 aliphatic rings. The highest BCUT2D eigenvalue weighted by Gasteiger charge is 2.28. The van der Waals surface area contributed by atoms with Crippen LogP contribution in [0.2, 0.25) is 0 Å². The Bertz CT molecular complexity index is 1090. The predicted octanol–water partition coefficient (Wildman–Crippen LogP) is 4.32. The molecule has 166 valence electrons. The van der Waals surface area contributed by atoms with Crippen LogP contribution in [0.25, 0.3) is 11.3 Å². The lowest BCUT2D eigenvalue weighted by Gasteiger charge is -2.25. The van der Waals surface area contributed by atoms with Crippen LogP contribution >= 0.6 is 0 Å². The molecular formula is C24H28N6O2. The molecule has 3 heterocycles. The summed E-state index contributed by atoms with van der Waals surface area (Å²) < 4.78 is 6.09. The Kier molecular flexibility index (Phi) is 6.32. The number of pyridine rings is 1. The van der Waals surface area contributed by atoms with Gasteiger partial charge in [-0.05, 0) is 76.1 Å². The molecule has 0 aliphatic carbocycles. The van der Waals surface area contributed by atoms with Crippen molar-refractivity contribution in [3.8, 4) is 17.0 Å². The summed E-state index contributed by atoms with van der Waals surface area (Å²) in [7, 11) is 0. The Labute approximate surface area is 187 Å². The molecule has 1 fully saturated rings. The molecule has 3 N–H and O–H groups in total. The maximum Gasteiger partial charge on any atom is 0.324 e. The summed E-state index contributed by atoms with van der Waals surface area (Å²) in [6.45, 7) is 7.78. The van der Waals surface area contributed by atoms with Gasteiger partial charge in [0, 0.05) is 16.8 Å². The van der Waals surface area contributed by atoms with Crippen molar-refractivity contribution in [2.75, 3.05) is 23.8 Å². The SMILES string of the molecule is Cc1ccc(NC(=O)Nc2cncc(-c3ccc(OC[C@@]4(C)CCCN4)c(C)c3)n2)cn1. The van der Waals surface area contributed by atoms with Crippen molar-refractivity contribution in [2.24, 2.45) is 0 Å². The van der Waals surface area contributed by atoms with E-state index in [1.165, 1.54) is 12.6 Å². The Morgan fingerprint density at radius 1 is 1.16 bits per heavy atom. The summed E-state index contributed by atoms with van der Waals surface area (Å²) in [5, 5.41) is 8.96. The van der Waals surface area contributed by atoms with E-state index in [0.717, 1.165) is 35.5 Å². The second-order valence-corrected chi connectivity index (χ2v) is 8.42. The third kappa shape index (κ3) is 5.39. The standard InChI is InChI=1S/C24H28N6O2/c1-16-11-18(6-8-21(16)32-15-24(3)9-4-10-27-24)20-13-25-14-22(29-20)30-23(31)28-19-7-5-17(2)26-12-19/h5-8,11-14,27H,4,9-10,15H2,1-3H3,(H2,28,29,30,31)/t24-/m1/s1. The van der Waals surface area contributed by atoms with Crippen LogP contribution in [-0.2, 0) is 0 Å². The van der Waals surface area contributed by atoms with Gasteiger partial charge in [0.15, 0.2) is 5.82 Å². The minimum Gasteiger partial charge on any atom is -0.491 e. The van der Waals surface area contributed by atoms with Crippen molar-refractivity contribution >= 4 is 17.5 Å². The zero-order chi connectivity index (χ0) is 22.6. The number of ether oxygens (including phenoxy) is 1. The Morgan fingerprint density at radius 2 is 2.03 bits per heavy atom. The molecule has 0 radical (unpaired) electrons. The van der Waals surface area contributed by atoms with Crippen molar-refractivity contribution in [3.05, 3.63) is 60.2 Å². The number of hydrogen-bond donors (Lipinski definition) is 3. The first-order valence-corrected chi connectivity index (χ1v) is 10.7. The fraction of sp³-hybridized carbons (Fsp3) is 0.333. The highest BCUT2D eigenvalue weighted by atomic mass is 16.5. The van der Waals surface area contributed by atoms with Gasteiger partial charge in [-0.2, -0.15) is 0 Å². The fourth-order valence-electron chi connectivity index (χ4n) is 3.67. The van der Waals surface area contributed by atoms with Crippen LogP contribution in [-0.4, -0.2) is 39.7 Å². The maximum atomic E-state index is 12.3. The summed E-state index contributed by atoms with van der Waals surface area (Å²) in [6, 6.07) is 9.15. The number of urea groups is 1. The van der Waals surface area contributed by atoms with Crippen molar-refractivity contribution in [2.45, 2.75) is 39.2 Å². The van der Waals surface area contributed by atoms with E-state index in [9.17, 15) is 4.79 Å². The van der Waals surface area contributed by atoms with Crippen LogP contribution in [0, 0.1) is 13.8 Å². The Morgan fingerprint density at radius 3 is 2.75 bits per heavy atom. The van der Waals surface area contributed by atoms with E-state index in [2.05, 4.69) is 37.8 Å². The number of rotatable bonds is 6. The van der Waals surface area contributed by atoms with Gasteiger partial charge >= 0.3 is 6.03 Å². The van der Waals surface area contributed by atoms with E-state index in [-0.39, 0.29) is 5.54 Å². The molecule has 2 amide bonds. The van der Waals surface area contributed by atoms with E-state index in [1.807, 2.05) is 38.1 Å². The van der Waals surface area contributed by atoms with Crippen LogP contribution in [0.3, 0.4) is 0 Å². The molecule has 0 unspecified atom stereocenters. The summed E-state index contributed by atoms with van der Waals surface area (Å²) in [4.78, 5) is 25.2. The van der Waals surface area contributed by atoms with Gasteiger partial charge in [-0.15, -0.1) is 0 Å². The molecule has 1 aliphatic heterocycles. The van der Waals surface area contributed by atoms with Crippen LogP contribution in [0.15, 0.2) is 48.9 Å². The largest absolute Gasteiger partial charge is 0.491 e. The first-order chi connectivity index (χ1) is 15.4. The van der Waals surface area contributed by atoms with Gasteiger partial charge < -0.3 is 15.4 Å². The van der Waals surface area contributed by atoms with Gasteiger partial charge in [0.25, 0.3) is 0 Å². The van der Waals surface area contributed by atoms with Gasteiger partial charge in [0.1, 0.15) is 12.4 Å². The minimum atomic E-state index is -0.406. The number of carbonyl (C=O) groups excluding carboxylic acids is 1. The second-order valence-electron chi connectivity index (χ2n) is 8.42. The molecular weight excluding hydrogens is 404 g/mol. The lowest BCUT2D eigenvalue weighted by molar-refractivity contribution is 0.211. The van der Waals surface area contributed by atoms with E-state index in [4.69, 9.17) is 4.74 Å². The average molecular weight is 433 g/mol. The van der Waals surface area contributed by atoms with E-state index in [0.29, 0.717) is 23.8 Å². The predicted molar refractivity (Wildman–Crippen MR) is 125 cm³/mol. The third-order valence-electron chi connectivity index (χ3n) is 5.52. The van der Waals surface area contributed by atoms with E-state index < -0.39 is 6.03 Å². The van der Waals surface area contributed by atoms with E-state index >= 15 is 0 Å². The van der Waals surface area contributed by atoms with Gasteiger partial charge in [-0.25, -0.2) is 9.78 Å². The van der Waals surface area contributed by atoms with Gasteiger partial charge in [0.05, 0.1) is 30.0 Å². The molecule has 8 nitrogen and oxygen atoms in total. The Hall–Kier alpha value is -3.52. The molecule has 1 atom stereocenters. The smallest absolute Gasteiger partial charge is 0.324 e. The molecule has 2 aromatic heterocycles. The van der Waals surface area contributed by atoms with Crippen LogP contribution in [0.1, 0.15) is 31.0 Å². The second kappa shape index (κ2) is 9.32. The summed E-state index contributed by atoms with van der Waals surface area (Å²) in [6.07, 6.45) is 7.09. The number of benzene rings is 1. The summed E-state index contributed by atoms with van der Waals surface area (Å²) in [5.41, 5.74) is 4.11. The molecule has 0 bridgehead atoms. The first kappa shape index (κ1) is 21.7. The molecule has 4 rings (SSSR count). The number of amides is 2. The number of hydrogen-bond acceptors (Lipinski definition) is 6. The van der Waals surface area contributed by atoms with Crippen molar-refractivity contribution in [1.29, 1.82) is 0 Å². The number of nitrogens with zero attached hydrogens (tertiary/aromatic N) is 3. The molecule has 0 spiro atoms. The van der Waals surface area contributed by atoms with Gasteiger partial charge in [0.2, 0.25) is 0 Å². The number of carbonyl (C=O) groups is 1.